The van der Waals surface area contributed by atoms with Crippen molar-refractivity contribution in [2.24, 2.45) is 0 Å². The van der Waals surface area contributed by atoms with E-state index in [1.165, 1.54) is 6.20 Å². The highest BCUT2D eigenvalue weighted by Crippen LogP contribution is 2.34. The Morgan fingerprint density at radius 2 is 1.46 bits per heavy atom. The Bertz CT molecular complexity index is 2970. The van der Waals surface area contributed by atoms with Crippen LogP contribution in [0.15, 0.2) is 85.3 Å². The zero-order valence-corrected chi connectivity index (χ0v) is 37.8. The number of fused-ring (bicyclic) bond motifs is 2. The number of rotatable bonds is 12. The molecule has 68 heavy (non-hydrogen) atoms. The molecule has 2 aromatic heterocycles. The number of aromatic amines is 1. The molecule has 16 nitrogen and oxygen atoms in total. The third-order valence-electron chi connectivity index (χ3n) is 13.7. The summed E-state index contributed by atoms with van der Waals surface area (Å²) in [6.45, 7) is 11.9. The number of nitrogens with zero attached hydrogens (tertiary/aromatic N) is 7. The van der Waals surface area contributed by atoms with Gasteiger partial charge in [-0.2, -0.15) is 12.7 Å². The van der Waals surface area contributed by atoms with Crippen LogP contribution in [0.25, 0.3) is 22.2 Å². The smallest absolute Gasteiger partial charge is 0.301 e. The molecule has 3 N–H and O–H groups in total. The van der Waals surface area contributed by atoms with Gasteiger partial charge in [-0.1, -0.05) is 18.7 Å². The number of pyridine rings is 1. The van der Waals surface area contributed by atoms with E-state index in [4.69, 9.17) is 0 Å². The summed E-state index contributed by atoms with van der Waals surface area (Å²) >= 11 is 0. The van der Waals surface area contributed by atoms with Gasteiger partial charge in [-0.05, 0) is 73.4 Å². The average Bonchev–Trinajstić information content (AvgIpc) is 4.05. The summed E-state index contributed by atoms with van der Waals surface area (Å²) in [7, 11) is -4.36. The van der Waals surface area contributed by atoms with Crippen molar-refractivity contribution in [2.75, 3.05) is 93.1 Å². The van der Waals surface area contributed by atoms with Gasteiger partial charge in [0.25, 0.3) is 11.8 Å². The number of piperazine rings is 2. The maximum Gasteiger partial charge on any atom is 0.301 e. The van der Waals surface area contributed by atoms with Crippen LogP contribution in [0.2, 0.25) is 0 Å². The van der Waals surface area contributed by atoms with E-state index in [1.54, 1.807) is 24.4 Å². The molecule has 5 aromatic rings. The standard InChI is InChI=1S/C48H49F3N10O6S/c1-29-2-11-41(46(63)54-29)61-47(64)35-8-7-34(25-37(35)48(61)65)59-22-18-57(19-23-59)15-14-56-16-20-58(21-17-56)33-5-3-30(4-6-33)31-24-36-38(27-53-45(36)52-26-31)44(62)42-39(50)9-10-40(43(42)51)55-68(66,67)60-13-12-32(49)28-60/h3-10,24-27,32,41,55H,1-2,11-23,28H2,(H,52,53)(H,54,63)/t32-,41?/m1/s1. The number of halogens is 3. The van der Waals surface area contributed by atoms with Crippen LogP contribution < -0.4 is 19.8 Å². The molecule has 5 aliphatic rings. The zero-order valence-electron chi connectivity index (χ0n) is 37.0. The molecular formula is C48H49F3N10O6S. The maximum atomic E-state index is 15.8. The van der Waals surface area contributed by atoms with Crippen molar-refractivity contribution in [3.05, 3.63) is 119 Å². The SMILES string of the molecule is C=C1CCC(N2C(=O)c3ccc(N4CCN(CCN5CCN(c6ccc(-c7cnc8[nH]cc(C(=O)c9c(F)ccc(NS(=O)(=O)N%10CC[C@@H](F)C%10)c9F)c8c7)cc6)CC5)CC4)cc3C2=O)C(=O)N1. The Balaban J connectivity index is 0.715. The molecule has 0 saturated carbocycles. The van der Waals surface area contributed by atoms with Crippen molar-refractivity contribution < 1.29 is 40.8 Å². The summed E-state index contributed by atoms with van der Waals surface area (Å²) in [5.74, 6) is -4.81. The van der Waals surface area contributed by atoms with Crippen molar-refractivity contribution in [1.29, 1.82) is 0 Å². The average molecular weight is 951 g/mol. The lowest BCUT2D eigenvalue weighted by atomic mass is 9.99. The Hall–Kier alpha value is -6.61. The molecular weight excluding hydrogens is 902 g/mol. The third-order valence-corrected chi connectivity index (χ3v) is 15.2. The van der Waals surface area contributed by atoms with Crippen molar-refractivity contribution in [1.82, 2.24) is 34.3 Å². The largest absolute Gasteiger partial charge is 0.369 e. The summed E-state index contributed by atoms with van der Waals surface area (Å²) in [5, 5.41) is 3.00. The van der Waals surface area contributed by atoms with Crippen molar-refractivity contribution >= 4 is 61.8 Å². The molecule has 0 radical (unpaired) electrons. The minimum atomic E-state index is -4.36. The van der Waals surface area contributed by atoms with Crippen molar-refractivity contribution in [3.63, 3.8) is 0 Å². The molecule has 0 spiro atoms. The second-order valence-corrected chi connectivity index (χ2v) is 19.5. The number of carbonyl (C=O) groups is 4. The zero-order chi connectivity index (χ0) is 47.4. The number of hydrogen-bond donors (Lipinski definition) is 3. The third kappa shape index (κ3) is 8.61. The number of imide groups is 1. The number of carbonyl (C=O) groups excluding carboxylic acids is 4. The van der Waals surface area contributed by atoms with Gasteiger partial charge < -0.3 is 20.1 Å². The number of aromatic nitrogens is 2. The van der Waals surface area contributed by atoms with E-state index in [0.29, 0.717) is 46.3 Å². The highest BCUT2D eigenvalue weighted by atomic mass is 32.2. The molecule has 3 aromatic carbocycles. The van der Waals surface area contributed by atoms with Gasteiger partial charge in [0.15, 0.2) is 5.82 Å². The maximum absolute atomic E-state index is 15.8. The summed E-state index contributed by atoms with van der Waals surface area (Å²) in [6, 6.07) is 15.9. The van der Waals surface area contributed by atoms with Gasteiger partial charge in [0.2, 0.25) is 11.7 Å². The van der Waals surface area contributed by atoms with Gasteiger partial charge in [-0.25, -0.2) is 18.2 Å². The summed E-state index contributed by atoms with van der Waals surface area (Å²) in [5.41, 5.74) is 3.39. The lowest BCUT2D eigenvalue weighted by molar-refractivity contribution is -0.125. The summed E-state index contributed by atoms with van der Waals surface area (Å²) < 4.78 is 73.1. The first-order chi connectivity index (χ1) is 32.7. The van der Waals surface area contributed by atoms with Crippen LogP contribution in [0, 0.1) is 11.6 Å². The Kier molecular flexibility index (Phi) is 12.0. The van der Waals surface area contributed by atoms with Crippen molar-refractivity contribution in [3.8, 4) is 11.1 Å². The summed E-state index contributed by atoms with van der Waals surface area (Å²) in [4.78, 5) is 70.9. The number of alkyl halides is 1. The number of hydrogen-bond acceptors (Lipinski definition) is 11. The highest BCUT2D eigenvalue weighted by Gasteiger charge is 2.44. The van der Waals surface area contributed by atoms with Crippen molar-refractivity contribution in [2.45, 2.75) is 31.5 Å². The quantitative estimate of drug-likeness (QED) is 0.116. The highest BCUT2D eigenvalue weighted by molar-refractivity contribution is 7.90. The number of ketones is 1. The van der Waals surface area contributed by atoms with Gasteiger partial charge in [-0.15, -0.1) is 0 Å². The minimum Gasteiger partial charge on any atom is -0.369 e. The van der Waals surface area contributed by atoms with E-state index >= 15 is 8.78 Å². The first-order valence-electron chi connectivity index (χ1n) is 22.7. The van der Waals surface area contributed by atoms with E-state index in [9.17, 15) is 32.0 Å². The fourth-order valence-electron chi connectivity index (χ4n) is 9.78. The topological polar surface area (TPSA) is 175 Å². The monoisotopic (exact) mass is 950 g/mol. The fourth-order valence-corrected chi connectivity index (χ4v) is 11.0. The molecule has 5 aliphatic heterocycles. The van der Waals surface area contributed by atoms with Crippen LogP contribution in [-0.4, -0.2) is 152 Å². The van der Waals surface area contributed by atoms with Gasteiger partial charge in [0.05, 0.1) is 22.4 Å². The Labute approximate surface area is 390 Å². The Morgan fingerprint density at radius 1 is 0.794 bits per heavy atom. The van der Waals surface area contributed by atoms with Crippen LogP contribution in [0.1, 0.15) is 55.9 Å². The van der Waals surface area contributed by atoms with E-state index < -0.39 is 62.9 Å². The predicted octanol–water partition coefficient (Wildman–Crippen LogP) is 4.77. The molecule has 3 amide bonds. The first-order valence-corrected chi connectivity index (χ1v) is 24.1. The second kappa shape index (κ2) is 18.1. The fraction of sp³-hybridized carbons (Fsp3) is 0.354. The van der Waals surface area contributed by atoms with Crippen LogP contribution in [0.3, 0.4) is 0 Å². The van der Waals surface area contributed by atoms with Gasteiger partial charge >= 0.3 is 10.2 Å². The van der Waals surface area contributed by atoms with E-state index in [1.807, 2.05) is 35.1 Å². The van der Waals surface area contributed by atoms with Crippen LogP contribution in [0.4, 0.5) is 30.2 Å². The molecule has 4 saturated heterocycles. The van der Waals surface area contributed by atoms with Crippen LogP contribution in [-0.2, 0) is 15.0 Å². The molecule has 20 heteroatoms. The molecule has 10 rings (SSSR count). The molecule has 7 heterocycles. The number of H-pyrrole nitrogens is 1. The molecule has 354 valence electrons. The normalized spacial score (nSPS) is 21.0. The Morgan fingerprint density at radius 3 is 2.12 bits per heavy atom. The molecule has 1 unspecified atom stereocenters. The molecule has 0 bridgehead atoms. The van der Waals surface area contributed by atoms with E-state index in [2.05, 4.69) is 41.5 Å². The van der Waals surface area contributed by atoms with Crippen LogP contribution in [0.5, 0.6) is 0 Å². The second-order valence-electron chi connectivity index (χ2n) is 17.8. The van der Waals surface area contributed by atoms with Gasteiger partial charge in [-0.3, -0.25) is 38.6 Å². The summed E-state index contributed by atoms with van der Waals surface area (Å²) in [6.07, 6.45) is 2.48. The number of amides is 3. The molecule has 4 fully saturated rings. The molecule has 0 aliphatic carbocycles. The number of benzene rings is 3. The lowest BCUT2D eigenvalue weighted by Crippen LogP contribution is -2.51. The molecule has 2 atom stereocenters. The first kappa shape index (κ1) is 45.2. The lowest BCUT2D eigenvalue weighted by Gasteiger charge is -2.39. The number of nitrogens with one attached hydrogen (secondary N) is 3. The number of piperidine rings is 1. The number of allylic oxidation sites excluding steroid dienone is 1. The number of anilines is 3. The van der Waals surface area contributed by atoms with Gasteiger partial charge in [0, 0.05) is 125 Å². The van der Waals surface area contributed by atoms with E-state index in [-0.39, 0.29) is 31.0 Å². The minimum absolute atomic E-state index is 0.000762. The van der Waals surface area contributed by atoms with Gasteiger partial charge in [0.1, 0.15) is 23.7 Å². The van der Waals surface area contributed by atoms with E-state index in [0.717, 1.165) is 104 Å². The van der Waals surface area contributed by atoms with Crippen LogP contribution >= 0.6 is 0 Å². The predicted molar refractivity (Wildman–Crippen MR) is 250 cm³/mol.